The number of ether oxygens (including phenoxy) is 1. The smallest absolute Gasteiger partial charge is 0.302 e. The van der Waals surface area contributed by atoms with Crippen molar-refractivity contribution in [2.24, 2.45) is 0 Å². The highest BCUT2D eigenvalue weighted by atomic mass is 35.6. The van der Waals surface area contributed by atoms with Crippen LogP contribution in [0, 0.1) is 0 Å². The summed E-state index contributed by atoms with van der Waals surface area (Å²) in [6, 6.07) is 0. The Labute approximate surface area is 243 Å². The monoisotopic (exact) mass is 574 g/mol. The van der Waals surface area contributed by atoms with Gasteiger partial charge in [0.1, 0.15) is 0 Å². The number of halogens is 3. The first-order valence-corrected chi connectivity index (χ1v) is 16.7. The summed E-state index contributed by atoms with van der Waals surface area (Å²) in [5, 5.41) is 0. The molecule has 0 aromatic heterocycles. The van der Waals surface area contributed by atoms with E-state index in [-0.39, 0.29) is 5.97 Å². The van der Waals surface area contributed by atoms with E-state index in [0.717, 1.165) is 0 Å². The fourth-order valence-corrected chi connectivity index (χ4v) is 3.68. The maximum absolute atomic E-state index is 9.82. The van der Waals surface area contributed by atoms with Gasteiger partial charge in [0.25, 0.3) is 0 Å². The van der Waals surface area contributed by atoms with Crippen LogP contribution in [0.1, 0.15) is 183 Å². The predicted molar refractivity (Wildman–Crippen MR) is 168 cm³/mol. The van der Waals surface area contributed by atoms with Crippen molar-refractivity contribution < 1.29 is 9.53 Å². The van der Waals surface area contributed by atoms with E-state index in [2.05, 4.69) is 32.4 Å². The van der Waals surface area contributed by atoms with Gasteiger partial charge in [-0.1, -0.05) is 204 Å². The summed E-state index contributed by atoms with van der Waals surface area (Å²) in [4.78, 5) is 9.82. The molecule has 0 radical (unpaired) electrons. The predicted octanol–water partition coefficient (Wildman–Crippen LogP) is 13.2. The van der Waals surface area contributed by atoms with Gasteiger partial charge in [0.2, 0.25) is 0 Å². The van der Waals surface area contributed by atoms with E-state index >= 15 is 0 Å². The SMILES string of the molecule is CCCCCCCCCC.CCCCCCCCCCCCCCCC.CCOC(C)=O.ClC(Cl)Cl. The van der Waals surface area contributed by atoms with E-state index in [0.29, 0.717) is 6.61 Å². The fraction of sp³-hybridized carbons (Fsp3) is 0.968. The minimum atomic E-state index is -0.750. The molecule has 0 heterocycles. The number of carbonyl (C=O) groups excluding carboxylic acids is 1. The minimum Gasteiger partial charge on any atom is -0.466 e. The molecule has 0 aromatic rings. The molecule has 222 valence electrons. The number of carbonyl (C=O) groups is 1. The molecule has 0 saturated carbocycles. The van der Waals surface area contributed by atoms with E-state index in [9.17, 15) is 4.79 Å². The second-order valence-electron chi connectivity index (χ2n) is 9.54. The van der Waals surface area contributed by atoms with Gasteiger partial charge < -0.3 is 4.74 Å². The van der Waals surface area contributed by atoms with Crippen molar-refractivity contribution in [3.8, 4) is 0 Å². The van der Waals surface area contributed by atoms with Crippen molar-refractivity contribution in [3.05, 3.63) is 0 Å². The summed E-state index contributed by atoms with van der Waals surface area (Å²) >= 11 is 14.4. The van der Waals surface area contributed by atoms with Gasteiger partial charge in [-0.15, -0.1) is 0 Å². The Bertz CT molecular complexity index is 328. The van der Waals surface area contributed by atoms with Crippen molar-refractivity contribution >= 4 is 40.8 Å². The van der Waals surface area contributed by atoms with Gasteiger partial charge in [-0.2, -0.15) is 0 Å². The number of unbranched alkanes of at least 4 members (excludes halogenated alkanes) is 20. The average molecular weight is 576 g/mol. The molecule has 2 nitrogen and oxygen atoms in total. The molecule has 0 aliphatic carbocycles. The van der Waals surface area contributed by atoms with Crippen molar-refractivity contribution in [2.45, 2.75) is 187 Å². The molecule has 0 saturated heterocycles. The maximum atomic E-state index is 9.82. The molecular formula is C31H65Cl3O2. The second-order valence-corrected chi connectivity index (χ2v) is 11.5. The molecule has 0 aromatic carbocycles. The molecule has 0 atom stereocenters. The maximum Gasteiger partial charge on any atom is 0.302 e. The molecular weight excluding hydrogens is 511 g/mol. The normalized spacial score (nSPS) is 9.94. The van der Waals surface area contributed by atoms with Gasteiger partial charge in [0.15, 0.2) is 4.30 Å². The average Bonchev–Trinajstić information content (AvgIpc) is 2.82. The zero-order chi connectivity index (χ0) is 28.1. The molecule has 0 rings (SSSR count). The first-order chi connectivity index (χ1) is 17.3. The Hall–Kier alpha value is 0.340. The summed E-state index contributed by atoms with van der Waals surface area (Å²) in [6.45, 7) is 12.8. The highest BCUT2D eigenvalue weighted by Crippen LogP contribution is 2.12. The first kappa shape index (κ1) is 43.4. The Morgan fingerprint density at radius 1 is 0.472 bits per heavy atom. The Kier molecular flexibility index (Phi) is 54.6. The molecule has 0 bridgehead atoms. The van der Waals surface area contributed by atoms with E-state index in [1.807, 2.05) is 0 Å². The lowest BCUT2D eigenvalue weighted by molar-refractivity contribution is -0.140. The van der Waals surface area contributed by atoms with Gasteiger partial charge in [0, 0.05) is 6.92 Å². The van der Waals surface area contributed by atoms with Crippen molar-refractivity contribution in [1.82, 2.24) is 0 Å². The highest BCUT2D eigenvalue weighted by molar-refractivity contribution is 6.63. The lowest BCUT2D eigenvalue weighted by Gasteiger charge is -2.02. The lowest BCUT2D eigenvalue weighted by atomic mass is 10.0. The molecule has 0 spiro atoms. The molecule has 0 aliphatic rings. The van der Waals surface area contributed by atoms with Crippen LogP contribution in [0.2, 0.25) is 0 Å². The third-order valence-electron chi connectivity index (χ3n) is 5.76. The van der Waals surface area contributed by atoms with Crippen LogP contribution in [-0.2, 0) is 9.53 Å². The van der Waals surface area contributed by atoms with Crippen LogP contribution in [0.4, 0.5) is 0 Å². The third-order valence-corrected chi connectivity index (χ3v) is 5.76. The van der Waals surface area contributed by atoms with E-state index in [4.69, 9.17) is 34.8 Å². The van der Waals surface area contributed by atoms with Gasteiger partial charge in [-0.05, 0) is 6.92 Å². The Morgan fingerprint density at radius 3 is 0.722 bits per heavy atom. The fourth-order valence-electron chi connectivity index (χ4n) is 3.68. The van der Waals surface area contributed by atoms with Crippen LogP contribution < -0.4 is 0 Å². The van der Waals surface area contributed by atoms with Crippen LogP contribution in [0.25, 0.3) is 0 Å². The number of hydrogen-bond acceptors (Lipinski definition) is 2. The summed E-state index contributed by atoms with van der Waals surface area (Å²) < 4.78 is 3.65. The lowest BCUT2D eigenvalue weighted by Crippen LogP contribution is -1.95. The molecule has 0 aliphatic heterocycles. The second kappa shape index (κ2) is 45.3. The summed E-state index contributed by atoms with van der Waals surface area (Å²) in [6.07, 6.45) is 31.9. The topological polar surface area (TPSA) is 26.3 Å². The van der Waals surface area contributed by atoms with E-state index in [1.54, 1.807) is 6.92 Å². The van der Waals surface area contributed by atoms with Gasteiger partial charge in [-0.3, -0.25) is 4.79 Å². The Balaban J connectivity index is -0.000000217. The zero-order valence-corrected chi connectivity index (χ0v) is 27.6. The number of hydrogen-bond donors (Lipinski definition) is 0. The van der Waals surface area contributed by atoms with Crippen LogP contribution in [0.3, 0.4) is 0 Å². The molecule has 0 N–H and O–H groups in total. The van der Waals surface area contributed by atoms with Crippen LogP contribution in [0.5, 0.6) is 0 Å². The largest absolute Gasteiger partial charge is 0.466 e. The van der Waals surface area contributed by atoms with Crippen LogP contribution in [0.15, 0.2) is 0 Å². The molecule has 36 heavy (non-hydrogen) atoms. The first-order valence-electron chi connectivity index (χ1n) is 15.4. The van der Waals surface area contributed by atoms with Gasteiger partial charge >= 0.3 is 5.97 Å². The van der Waals surface area contributed by atoms with Gasteiger partial charge in [0.05, 0.1) is 6.61 Å². The Morgan fingerprint density at radius 2 is 0.639 bits per heavy atom. The van der Waals surface area contributed by atoms with Gasteiger partial charge in [-0.25, -0.2) is 0 Å². The molecule has 0 unspecified atom stereocenters. The van der Waals surface area contributed by atoms with Crippen molar-refractivity contribution in [2.75, 3.05) is 6.61 Å². The summed E-state index contributed by atoms with van der Waals surface area (Å²) in [7, 11) is 0. The van der Waals surface area contributed by atoms with Crippen molar-refractivity contribution in [3.63, 3.8) is 0 Å². The van der Waals surface area contributed by atoms with E-state index < -0.39 is 4.30 Å². The van der Waals surface area contributed by atoms with Crippen LogP contribution in [-0.4, -0.2) is 16.9 Å². The number of esters is 1. The van der Waals surface area contributed by atoms with Crippen molar-refractivity contribution in [1.29, 1.82) is 0 Å². The number of alkyl halides is 3. The highest BCUT2D eigenvalue weighted by Gasteiger charge is 1.93. The molecule has 0 amide bonds. The van der Waals surface area contributed by atoms with Crippen LogP contribution >= 0.6 is 34.8 Å². The third kappa shape index (κ3) is 70.1. The number of rotatable bonds is 21. The zero-order valence-electron chi connectivity index (χ0n) is 25.3. The molecule has 5 heteroatoms. The standard InChI is InChI=1S/C16H34.C10H22.C4H8O2.CHCl3/c1-3-5-7-9-11-13-15-16-14-12-10-8-6-4-2;1-3-5-7-9-10-8-6-4-2;1-3-6-4(2)5;2-1(3)4/h3-16H2,1-2H3;3-10H2,1-2H3;3H2,1-2H3;1H. The van der Waals surface area contributed by atoms with E-state index in [1.165, 1.54) is 148 Å². The minimum absolute atomic E-state index is 0.211. The molecule has 0 fully saturated rings. The summed E-state index contributed by atoms with van der Waals surface area (Å²) in [5.41, 5.74) is 0. The summed E-state index contributed by atoms with van der Waals surface area (Å²) in [5.74, 6) is -0.211. The quantitative estimate of drug-likeness (QED) is 0.0772.